The van der Waals surface area contributed by atoms with Gasteiger partial charge in [0.05, 0.1) is 5.92 Å². The predicted octanol–water partition coefficient (Wildman–Crippen LogP) is 0.925. The van der Waals surface area contributed by atoms with Crippen molar-refractivity contribution in [1.29, 1.82) is 0 Å². The Bertz CT molecular complexity index is 299. The molecule has 0 aromatic rings. The number of hydrogen-bond donors (Lipinski definition) is 2. The summed E-state index contributed by atoms with van der Waals surface area (Å²) in [5.41, 5.74) is 0. The summed E-state index contributed by atoms with van der Waals surface area (Å²) in [5.74, 6) is -1.38. The van der Waals surface area contributed by atoms with Gasteiger partial charge in [-0.1, -0.05) is 12.8 Å². The van der Waals surface area contributed by atoms with Crippen LogP contribution in [0.25, 0.3) is 0 Å². The number of amides is 1. The first kappa shape index (κ1) is 12.4. The minimum Gasteiger partial charge on any atom is -0.481 e. The zero-order valence-corrected chi connectivity index (χ0v) is 9.85. The van der Waals surface area contributed by atoms with Crippen molar-refractivity contribution in [1.82, 2.24) is 5.32 Å². The quantitative estimate of drug-likeness (QED) is 0.770. The molecule has 1 amide bonds. The maximum atomic E-state index is 11.9. The topological polar surface area (TPSA) is 75.6 Å². The average Bonchev–Trinajstić information content (AvgIpc) is 2.83. The molecule has 3 atom stereocenters. The van der Waals surface area contributed by atoms with E-state index in [1.54, 1.807) is 0 Å². The van der Waals surface area contributed by atoms with Gasteiger partial charge in [-0.2, -0.15) is 0 Å². The summed E-state index contributed by atoms with van der Waals surface area (Å²) < 4.78 is 5.29. The highest BCUT2D eigenvalue weighted by atomic mass is 16.5. The molecule has 0 aromatic heterocycles. The maximum absolute atomic E-state index is 11.9. The average molecular weight is 241 g/mol. The molecule has 5 nitrogen and oxygen atoms in total. The number of carboxylic acids is 1. The van der Waals surface area contributed by atoms with E-state index in [1.165, 1.54) is 0 Å². The number of nitrogens with one attached hydrogen (secondary N) is 1. The highest BCUT2D eigenvalue weighted by molar-refractivity contribution is 5.82. The van der Waals surface area contributed by atoms with Gasteiger partial charge < -0.3 is 15.2 Å². The second-order valence-electron chi connectivity index (χ2n) is 4.85. The van der Waals surface area contributed by atoms with Gasteiger partial charge in [-0.05, 0) is 25.7 Å². The largest absolute Gasteiger partial charge is 0.481 e. The highest BCUT2D eigenvalue weighted by Gasteiger charge is 2.34. The SMILES string of the molecule is O=C(NC1CCCCC1C(=O)O)C1CCCO1. The lowest BCUT2D eigenvalue weighted by Gasteiger charge is -2.30. The fourth-order valence-corrected chi connectivity index (χ4v) is 2.66. The molecular formula is C12H19NO4. The predicted molar refractivity (Wildman–Crippen MR) is 60.5 cm³/mol. The third-order valence-corrected chi connectivity index (χ3v) is 3.63. The van der Waals surface area contributed by atoms with Crippen molar-refractivity contribution in [3.05, 3.63) is 0 Å². The standard InChI is InChI=1S/C12H19NO4/c14-11(10-6-3-7-17-10)13-9-5-2-1-4-8(9)12(15)16/h8-10H,1-7H2,(H,13,14)(H,15,16). The molecule has 1 saturated carbocycles. The van der Waals surface area contributed by atoms with Crippen LogP contribution < -0.4 is 5.32 Å². The van der Waals surface area contributed by atoms with Crippen LogP contribution >= 0.6 is 0 Å². The fraction of sp³-hybridized carbons (Fsp3) is 0.833. The van der Waals surface area contributed by atoms with Crippen LogP contribution in [-0.4, -0.2) is 35.7 Å². The molecule has 17 heavy (non-hydrogen) atoms. The lowest BCUT2D eigenvalue weighted by atomic mass is 9.84. The summed E-state index contributed by atoms with van der Waals surface area (Å²) in [6.07, 6.45) is 4.62. The number of ether oxygens (including phenoxy) is 1. The monoisotopic (exact) mass is 241 g/mol. The van der Waals surface area contributed by atoms with Crippen LogP contribution in [0, 0.1) is 5.92 Å². The molecule has 96 valence electrons. The summed E-state index contributed by atoms with van der Waals surface area (Å²) in [6.45, 7) is 0.630. The Kier molecular flexibility index (Phi) is 3.99. The van der Waals surface area contributed by atoms with Gasteiger partial charge in [-0.3, -0.25) is 9.59 Å². The Morgan fingerprint density at radius 3 is 2.53 bits per heavy atom. The molecule has 2 N–H and O–H groups in total. The van der Waals surface area contributed by atoms with Crippen molar-refractivity contribution in [3.8, 4) is 0 Å². The van der Waals surface area contributed by atoms with E-state index in [9.17, 15) is 9.59 Å². The van der Waals surface area contributed by atoms with E-state index in [0.717, 1.165) is 32.1 Å². The van der Waals surface area contributed by atoms with Crippen molar-refractivity contribution in [2.24, 2.45) is 5.92 Å². The number of hydrogen-bond acceptors (Lipinski definition) is 3. The minimum absolute atomic E-state index is 0.138. The molecule has 2 rings (SSSR count). The third kappa shape index (κ3) is 2.97. The van der Waals surface area contributed by atoms with Gasteiger partial charge in [0.2, 0.25) is 5.91 Å². The summed E-state index contributed by atoms with van der Waals surface area (Å²) in [5, 5.41) is 12.0. The molecule has 2 fully saturated rings. The number of carbonyl (C=O) groups is 2. The van der Waals surface area contributed by atoms with Crippen LogP contribution in [0.1, 0.15) is 38.5 Å². The van der Waals surface area contributed by atoms with Crippen LogP contribution in [0.4, 0.5) is 0 Å². The Hall–Kier alpha value is -1.10. The molecule has 0 spiro atoms. The van der Waals surface area contributed by atoms with Gasteiger partial charge in [0.1, 0.15) is 6.10 Å². The summed E-state index contributed by atoms with van der Waals surface area (Å²) in [7, 11) is 0. The van der Waals surface area contributed by atoms with Crippen LogP contribution in [-0.2, 0) is 14.3 Å². The fourth-order valence-electron chi connectivity index (χ4n) is 2.66. The van der Waals surface area contributed by atoms with Crippen molar-refractivity contribution < 1.29 is 19.4 Å². The van der Waals surface area contributed by atoms with E-state index in [2.05, 4.69) is 5.32 Å². The molecule has 0 aromatic carbocycles. The van der Waals surface area contributed by atoms with Gasteiger partial charge >= 0.3 is 5.97 Å². The zero-order chi connectivity index (χ0) is 12.3. The van der Waals surface area contributed by atoms with Crippen LogP contribution in [0.3, 0.4) is 0 Å². The third-order valence-electron chi connectivity index (χ3n) is 3.63. The second kappa shape index (κ2) is 5.49. The number of rotatable bonds is 3. The first-order valence-corrected chi connectivity index (χ1v) is 6.33. The molecule has 1 heterocycles. The van der Waals surface area contributed by atoms with E-state index in [4.69, 9.17) is 9.84 Å². The van der Waals surface area contributed by atoms with Gasteiger partial charge in [-0.15, -0.1) is 0 Å². The van der Waals surface area contributed by atoms with E-state index in [0.29, 0.717) is 13.0 Å². The number of aliphatic carboxylic acids is 1. The van der Waals surface area contributed by atoms with Crippen LogP contribution in [0.5, 0.6) is 0 Å². The molecule has 1 aliphatic heterocycles. The molecule has 1 aliphatic carbocycles. The van der Waals surface area contributed by atoms with Crippen molar-refractivity contribution in [2.75, 3.05) is 6.61 Å². The first-order valence-electron chi connectivity index (χ1n) is 6.33. The maximum Gasteiger partial charge on any atom is 0.308 e. The molecular weight excluding hydrogens is 222 g/mol. The van der Waals surface area contributed by atoms with E-state index < -0.39 is 11.9 Å². The summed E-state index contributed by atoms with van der Waals surface area (Å²) in [4.78, 5) is 22.9. The van der Waals surface area contributed by atoms with Crippen molar-refractivity contribution in [2.45, 2.75) is 50.7 Å². The van der Waals surface area contributed by atoms with Gasteiger partial charge in [0.25, 0.3) is 0 Å². The Labute approximate surface area is 101 Å². The smallest absolute Gasteiger partial charge is 0.308 e. The normalized spacial score (nSPS) is 33.3. The van der Waals surface area contributed by atoms with Gasteiger partial charge in [-0.25, -0.2) is 0 Å². The molecule has 0 radical (unpaired) electrons. The molecule has 5 heteroatoms. The molecule has 0 bridgehead atoms. The first-order chi connectivity index (χ1) is 8.18. The molecule has 2 aliphatic rings. The zero-order valence-electron chi connectivity index (χ0n) is 9.85. The van der Waals surface area contributed by atoms with Crippen LogP contribution in [0.15, 0.2) is 0 Å². The Morgan fingerprint density at radius 1 is 1.12 bits per heavy atom. The lowest BCUT2D eigenvalue weighted by Crippen LogP contribution is -2.48. The summed E-state index contributed by atoms with van der Waals surface area (Å²) >= 11 is 0. The minimum atomic E-state index is -0.803. The van der Waals surface area contributed by atoms with E-state index in [1.807, 2.05) is 0 Å². The molecule has 3 unspecified atom stereocenters. The van der Waals surface area contributed by atoms with Crippen molar-refractivity contribution in [3.63, 3.8) is 0 Å². The highest BCUT2D eigenvalue weighted by Crippen LogP contribution is 2.25. The Balaban J connectivity index is 1.90. The van der Waals surface area contributed by atoms with Crippen LogP contribution in [0.2, 0.25) is 0 Å². The summed E-state index contributed by atoms with van der Waals surface area (Å²) in [6, 6.07) is -0.224. The Morgan fingerprint density at radius 2 is 1.88 bits per heavy atom. The van der Waals surface area contributed by atoms with E-state index >= 15 is 0 Å². The second-order valence-corrected chi connectivity index (χ2v) is 4.85. The van der Waals surface area contributed by atoms with Gasteiger partial charge in [0.15, 0.2) is 0 Å². The molecule has 1 saturated heterocycles. The number of carboxylic acid groups (broad SMARTS) is 1. The van der Waals surface area contributed by atoms with Gasteiger partial charge in [0, 0.05) is 12.6 Å². The van der Waals surface area contributed by atoms with Crippen molar-refractivity contribution >= 4 is 11.9 Å². The van der Waals surface area contributed by atoms with E-state index in [-0.39, 0.29) is 18.1 Å². The number of carbonyl (C=O) groups excluding carboxylic acids is 1. The lowest BCUT2D eigenvalue weighted by molar-refractivity contribution is -0.144.